The first-order chi connectivity index (χ1) is 16.0. The maximum absolute atomic E-state index is 12.9. The van der Waals surface area contributed by atoms with Crippen molar-refractivity contribution in [2.75, 3.05) is 5.32 Å². The van der Waals surface area contributed by atoms with Crippen LogP contribution < -0.4 is 10.6 Å². The predicted molar refractivity (Wildman–Crippen MR) is 130 cm³/mol. The van der Waals surface area contributed by atoms with E-state index in [0.29, 0.717) is 22.5 Å². The third kappa shape index (κ3) is 5.45. The minimum absolute atomic E-state index is 0.0490. The van der Waals surface area contributed by atoms with Crippen LogP contribution in [-0.2, 0) is 0 Å². The zero-order valence-electron chi connectivity index (χ0n) is 17.4. The predicted octanol–water partition coefficient (Wildman–Crippen LogP) is 5.26. The fraction of sp³-hybridized carbons (Fsp3) is 0.0833. The van der Waals surface area contributed by atoms with Crippen molar-refractivity contribution in [3.8, 4) is 17.0 Å². The number of aromatic nitrogens is 3. The van der Waals surface area contributed by atoms with Gasteiger partial charge in [0.1, 0.15) is 5.75 Å². The molecular weight excluding hydrogens is 484 g/mol. The van der Waals surface area contributed by atoms with Gasteiger partial charge in [-0.05, 0) is 40.2 Å². The monoisotopic (exact) mass is 504 g/mol. The number of urea groups is 1. The molecule has 5 N–H and O–H groups in total. The van der Waals surface area contributed by atoms with Crippen LogP contribution in [0.5, 0.6) is 5.75 Å². The molecule has 0 spiro atoms. The van der Waals surface area contributed by atoms with Crippen molar-refractivity contribution in [1.82, 2.24) is 20.5 Å². The number of pyridine rings is 1. The molecule has 0 aliphatic carbocycles. The van der Waals surface area contributed by atoms with Crippen LogP contribution in [0.3, 0.4) is 0 Å². The van der Waals surface area contributed by atoms with Crippen LogP contribution in [0.4, 0.5) is 10.5 Å². The standard InChI is InChI=1S/C24H21BrN6O2/c25-19-14-28-31-23(19)15-5-3-7-17(11-15)29-24(33)30-21(18-8-1-2-9-22(18)32)12-20(26)16-6-4-10-27-13-16/h1-11,13-14,21,26,32H,12H2,(H,28,31)(H2,29,30,33). The first-order valence-corrected chi connectivity index (χ1v) is 10.9. The zero-order valence-corrected chi connectivity index (χ0v) is 19.0. The average molecular weight is 505 g/mol. The Morgan fingerprint density at radius 2 is 1.97 bits per heavy atom. The van der Waals surface area contributed by atoms with Gasteiger partial charge in [-0.1, -0.05) is 36.4 Å². The van der Waals surface area contributed by atoms with Gasteiger partial charge in [-0.15, -0.1) is 0 Å². The number of nitrogens with zero attached hydrogens (tertiary/aromatic N) is 2. The maximum Gasteiger partial charge on any atom is 0.319 e. The number of aromatic amines is 1. The molecule has 166 valence electrons. The molecule has 2 aromatic carbocycles. The lowest BCUT2D eigenvalue weighted by Crippen LogP contribution is -2.34. The Morgan fingerprint density at radius 3 is 2.70 bits per heavy atom. The molecular formula is C24H21BrN6O2. The third-order valence-corrected chi connectivity index (χ3v) is 5.64. The molecule has 1 atom stereocenters. The lowest BCUT2D eigenvalue weighted by molar-refractivity contribution is 0.248. The summed E-state index contributed by atoms with van der Waals surface area (Å²) in [6, 6.07) is 16.6. The molecule has 2 aromatic heterocycles. The largest absolute Gasteiger partial charge is 0.508 e. The van der Waals surface area contributed by atoms with Crippen LogP contribution >= 0.6 is 15.9 Å². The van der Waals surface area contributed by atoms with Gasteiger partial charge in [-0.25, -0.2) is 4.79 Å². The van der Waals surface area contributed by atoms with Gasteiger partial charge < -0.3 is 21.1 Å². The number of phenolic OH excluding ortho intramolecular Hbond substituents is 1. The molecule has 0 aliphatic rings. The SMILES string of the molecule is N=C(CC(NC(=O)Nc1cccc(-c2[nH]ncc2Br)c1)c1ccccc1O)c1cccnc1. The van der Waals surface area contributed by atoms with Crippen molar-refractivity contribution in [2.45, 2.75) is 12.5 Å². The van der Waals surface area contributed by atoms with Gasteiger partial charge in [-0.2, -0.15) is 5.10 Å². The summed E-state index contributed by atoms with van der Waals surface area (Å²) >= 11 is 3.44. The maximum atomic E-state index is 12.9. The van der Waals surface area contributed by atoms with Crippen LogP contribution in [0.25, 0.3) is 11.3 Å². The highest BCUT2D eigenvalue weighted by Crippen LogP contribution is 2.29. The summed E-state index contributed by atoms with van der Waals surface area (Å²) in [6.45, 7) is 0. The van der Waals surface area contributed by atoms with Gasteiger partial charge in [0.15, 0.2) is 0 Å². The van der Waals surface area contributed by atoms with Crippen LogP contribution in [0, 0.1) is 5.41 Å². The number of hydrogen-bond acceptors (Lipinski definition) is 5. The molecule has 4 rings (SSSR count). The fourth-order valence-electron chi connectivity index (χ4n) is 3.44. The van der Waals surface area contributed by atoms with Crippen molar-refractivity contribution in [3.05, 3.63) is 94.9 Å². The summed E-state index contributed by atoms with van der Waals surface area (Å²) in [5.41, 5.74) is 3.71. The zero-order chi connectivity index (χ0) is 23.2. The minimum atomic E-state index is -0.621. The Balaban J connectivity index is 1.52. The first-order valence-electron chi connectivity index (χ1n) is 10.1. The van der Waals surface area contributed by atoms with E-state index in [4.69, 9.17) is 5.41 Å². The second-order valence-electron chi connectivity index (χ2n) is 7.31. The number of nitrogens with one attached hydrogen (secondary N) is 4. The highest BCUT2D eigenvalue weighted by molar-refractivity contribution is 9.10. The van der Waals surface area contributed by atoms with Crippen LogP contribution in [0.1, 0.15) is 23.6 Å². The topological polar surface area (TPSA) is 127 Å². The lowest BCUT2D eigenvalue weighted by Gasteiger charge is -2.21. The van der Waals surface area contributed by atoms with Crippen LogP contribution in [-0.4, -0.2) is 32.0 Å². The van der Waals surface area contributed by atoms with E-state index in [2.05, 4.69) is 41.7 Å². The Kier molecular flexibility index (Phi) is 6.80. The number of carbonyl (C=O) groups excluding carboxylic acids is 1. The number of H-pyrrole nitrogens is 1. The number of hydrogen-bond donors (Lipinski definition) is 5. The molecule has 0 aliphatic heterocycles. The molecule has 1 unspecified atom stereocenters. The van der Waals surface area contributed by atoms with E-state index in [1.807, 2.05) is 18.2 Å². The third-order valence-electron chi connectivity index (χ3n) is 5.04. The number of aromatic hydroxyl groups is 1. The van der Waals surface area contributed by atoms with Crippen molar-refractivity contribution in [3.63, 3.8) is 0 Å². The number of carbonyl (C=O) groups is 1. The van der Waals surface area contributed by atoms with E-state index in [9.17, 15) is 9.90 Å². The van der Waals surface area contributed by atoms with E-state index >= 15 is 0 Å². The van der Waals surface area contributed by atoms with E-state index < -0.39 is 12.1 Å². The van der Waals surface area contributed by atoms with Crippen LogP contribution in [0.15, 0.2) is 83.7 Å². The van der Waals surface area contributed by atoms with E-state index in [0.717, 1.165) is 15.7 Å². The summed E-state index contributed by atoms with van der Waals surface area (Å²) in [5.74, 6) is 0.0490. The smallest absolute Gasteiger partial charge is 0.319 e. The molecule has 9 heteroatoms. The van der Waals surface area contributed by atoms with Gasteiger partial charge in [0, 0.05) is 46.9 Å². The number of phenols is 1. The van der Waals surface area contributed by atoms with Gasteiger partial charge in [0.2, 0.25) is 0 Å². The van der Waals surface area contributed by atoms with Crippen molar-refractivity contribution >= 4 is 33.4 Å². The molecule has 2 heterocycles. The normalized spacial score (nSPS) is 11.5. The number of halogens is 1. The van der Waals surface area contributed by atoms with E-state index in [-0.39, 0.29) is 12.2 Å². The Morgan fingerprint density at radius 1 is 1.12 bits per heavy atom. The summed E-state index contributed by atoms with van der Waals surface area (Å²) in [6.07, 6.45) is 5.08. The second kappa shape index (κ2) is 10.1. The van der Waals surface area contributed by atoms with Gasteiger partial charge in [-0.3, -0.25) is 10.1 Å². The fourth-order valence-corrected chi connectivity index (χ4v) is 3.86. The Labute approximate surface area is 198 Å². The number of para-hydroxylation sites is 1. The summed E-state index contributed by atoms with van der Waals surface area (Å²) in [7, 11) is 0. The summed E-state index contributed by atoms with van der Waals surface area (Å²) in [5, 5.41) is 31.5. The number of amides is 2. The number of anilines is 1. The van der Waals surface area contributed by atoms with E-state index in [1.54, 1.807) is 61.1 Å². The highest BCUT2D eigenvalue weighted by Gasteiger charge is 2.20. The minimum Gasteiger partial charge on any atom is -0.508 e. The molecule has 4 aromatic rings. The van der Waals surface area contributed by atoms with Crippen molar-refractivity contribution in [1.29, 1.82) is 5.41 Å². The molecule has 8 nitrogen and oxygen atoms in total. The Hall–Kier alpha value is -3.98. The number of rotatable bonds is 7. The van der Waals surface area contributed by atoms with Crippen LogP contribution in [0.2, 0.25) is 0 Å². The quantitative estimate of drug-likeness (QED) is 0.220. The Bertz CT molecular complexity index is 1270. The summed E-state index contributed by atoms with van der Waals surface area (Å²) < 4.78 is 0.817. The molecule has 0 radical (unpaired) electrons. The molecule has 0 fully saturated rings. The molecule has 33 heavy (non-hydrogen) atoms. The molecule has 0 saturated heterocycles. The van der Waals surface area contributed by atoms with Crippen molar-refractivity contribution in [2.24, 2.45) is 0 Å². The van der Waals surface area contributed by atoms with E-state index in [1.165, 1.54) is 0 Å². The molecule has 0 bridgehead atoms. The summed E-state index contributed by atoms with van der Waals surface area (Å²) in [4.78, 5) is 16.9. The lowest BCUT2D eigenvalue weighted by atomic mass is 9.97. The van der Waals surface area contributed by atoms with Gasteiger partial charge in [0.05, 0.1) is 22.4 Å². The van der Waals surface area contributed by atoms with Gasteiger partial charge in [0.25, 0.3) is 0 Å². The first kappa shape index (κ1) is 22.2. The second-order valence-corrected chi connectivity index (χ2v) is 8.16. The average Bonchev–Trinajstić information content (AvgIpc) is 3.25. The van der Waals surface area contributed by atoms with Gasteiger partial charge >= 0.3 is 6.03 Å². The van der Waals surface area contributed by atoms with Crippen molar-refractivity contribution < 1.29 is 9.90 Å². The highest BCUT2D eigenvalue weighted by atomic mass is 79.9. The molecule has 2 amide bonds. The molecule has 0 saturated carbocycles. The number of benzene rings is 2.